The molecule has 0 spiro atoms. The van der Waals surface area contributed by atoms with Crippen molar-refractivity contribution in [3.8, 4) is 9.75 Å². The zero-order chi connectivity index (χ0) is 28.8. The molecule has 40 heavy (non-hydrogen) atoms. The number of aryl methyl sites for hydroxylation is 2. The molecule has 0 amide bonds. The summed E-state index contributed by atoms with van der Waals surface area (Å²) in [5, 5.41) is 0. The predicted molar refractivity (Wildman–Crippen MR) is 184 cm³/mol. The van der Waals surface area contributed by atoms with Crippen LogP contribution in [0.15, 0.2) is 51.1 Å². The second-order valence-electron chi connectivity index (χ2n) is 13.3. The molecule has 2 atom stereocenters. The topological polar surface area (TPSA) is 0 Å². The second kappa shape index (κ2) is 14.4. The SMILES string of the molecule is CCCCCCCCC(CCCCCC)CS1(c2ccc(CC)cc2)c2cc(C)sc2-c2sc(C(C)(C)C)cc21. The molecule has 1 aliphatic rings. The maximum atomic E-state index is 2.67. The molecule has 0 aliphatic carbocycles. The van der Waals surface area contributed by atoms with E-state index < -0.39 is 10.0 Å². The van der Waals surface area contributed by atoms with Gasteiger partial charge in [0.15, 0.2) is 0 Å². The van der Waals surface area contributed by atoms with Crippen LogP contribution < -0.4 is 0 Å². The molecule has 0 saturated carbocycles. The first-order chi connectivity index (χ1) is 19.2. The van der Waals surface area contributed by atoms with Gasteiger partial charge in [0.25, 0.3) is 0 Å². The minimum Gasteiger partial charge on any atom is -0.157 e. The average molecular weight is 597 g/mol. The number of fused-ring (bicyclic) bond motifs is 3. The lowest BCUT2D eigenvalue weighted by Crippen LogP contribution is -2.15. The summed E-state index contributed by atoms with van der Waals surface area (Å²) in [7, 11) is -1.27. The fraction of sp³-hybridized carbons (Fsp3) is 0.622. The van der Waals surface area contributed by atoms with Crippen molar-refractivity contribution in [1.82, 2.24) is 0 Å². The maximum absolute atomic E-state index is 2.67. The van der Waals surface area contributed by atoms with Gasteiger partial charge in [-0.1, -0.05) is 118 Å². The van der Waals surface area contributed by atoms with Gasteiger partial charge in [-0.3, -0.25) is 0 Å². The van der Waals surface area contributed by atoms with Crippen LogP contribution in [0, 0.1) is 12.8 Å². The van der Waals surface area contributed by atoms with Gasteiger partial charge in [-0.15, -0.1) is 22.7 Å². The first-order valence-corrected chi connectivity index (χ1v) is 19.8. The molecular weight excluding hydrogens is 541 g/mol. The fourth-order valence-corrected chi connectivity index (χ4v) is 14.4. The summed E-state index contributed by atoms with van der Waals surface area (Å²) >= 11 is 4.16. The Hall–Kier alpha value is -1.03. The molecule has 0 radical (unpaired) electrons. The molecule has 3 aromatic rings. The fourth-order valence-electron chi connectivity index (χ4n) is 6.41. The lowest BCUT2D eigenvalue weighted by molar-refractivity contribution is 0.438. The Morgan fingerprint density at radius 3 is 1.85 bits per heavy atom. The van der Waals surface area contributed by atoms with E-state index in [0.29, 0.717) is 0 Å². The Bertz CT molecular complexity index is 1190. The van der Waals surface area contributed by atoms with Crippen LogP contribution in [0.2, 0.25) is 0 Å². The summed E-state index contributed by atoms with van der Waals surface area (Å²) in [6.45, 7) is 16.5. The lowest BCUT2D eigenvalue weighted by Gasteiger charge is -2.41. The van der Waals surface area contributed by atoms with E-state index in [1.54, 1.807) is 29.3 Å². The van der Waals surface area contributed by atoms with E-state index in [4.69, 9.17) is 0 Å². The number of rotatable bonds is 16. The molecule has 1 aliphatic heterocycles. The van der Waals surface area contributed by atoms with E-state index >= 15 is 0 Å². The van der Waals surface area contributed by atoms with Crippen molar-refractivity contribution in [3.05, 3.63) is 51.7 Å². The third kappa shape index (κ3) is 7.12. The number of thiophene rings is 2. The van der Waals surface area contributed by atoms with Crippen molar-refractivity contribution in [1.29, 1.82) is 0 Å². The van der Waals surface area contributed by atoms with Crippen molar-refractivity contribution in [2.24, 2.45) is 5.92 Å². The summed E-state index contributed by atoms with van der Waals surface area (Å²) in [4.78, 5) is 11.3. The minimum absolute atomic E-state index is 0.191. The van der Waals surface area contributed by atoms with Crippen molar-refractivity contribution in [2.75, 3.05) is 5.75 Å². The Labute approximate surface area is 256 Å². The average Bonchev–Trinajstić information content (AvgIpc) is 3.60. The second-order valence-corrected chi connectivity index (χ2v) is 18.8. The molecule has 2 aromatic heterocycles. The molecule has 4 rings (SSSR count). The van der Waals surface area contributed by atoms with Gasteiger partial charge in [0.2, 0.25) is 0 Å². The third-order valence-electron chi connectivity index (χ3n) is 8.87. The zero-order valence-electron chi connectivity index (χ0n) is 26.7. The van der Waals surface area contributed by atoms with Crippen LogP contribution in [0.3, 0.4) is 0 Å². The largest absolute Gasteiger partial charge is 0.157 e. The van der Waals surface area contributed by atoms with Crippen molar-refractivity contribution >= 4 is 32.7 Å². The lowest BCUT2D eigenvalue weighted by atomic mass is 9.95. The highest BCUT2D eigenvalue weighted by Crippen LogP contribution is 2.79. The van der Waals surface area contributed by atoms with Gasteiger partial charge in [-0.2, -0.15) is 10.0 Å². The van der Waals surface area contributed by atoms with Crippen LogP contribution in [0.4, 0.5) is 0 Å². The summed E-state index contributed by atoms with van der Waals surface area (Å²) in [6.07, 6.45) is 17.8. The molecule has 222 valence electrons. The van der Waals surface area contributed by atoms with E-state index in [-0.39, 0.29) is 5.41 Å². The van der Waals surface area contributed by atoms with E-state index in [1.165, 1.54) is 93.2 Å². The van der Waals surface area contributed by atoms with Gasteiger partial charge >= 0.3 is 0 Å². The standard InChI is InChI=1S/C37H56S3/c1-8-11-13-15-16-18-20-30(19-17-14-12-9-2)27-40(31-23-21-29(10-3)22-24-31)32-25-28(4)38-35(32)36-33(40)26-34(39-36)37(5,6)7/h21-26,30H,8-20,27H2,1-7H3. The number of hydrogen-bond donors (Lipinski definition) is 0. The van der Waals surface area contributed by atoms with Crippen LogP contribution >= 0.6 is 32.7 Å². The maximum Gasteiger partial charge on any atom is 0.0584 e. The monoisotopic (exact) mass is 596 g/mol. The van der Waals surface area contributed by atoms with E-state index in [1.807, 2.05) is 0 Å². The molecule has 2 unspecified atom stereocenters. The normalized spacial score (nSPS) is 18.9. The molecule has 1 aromatic carbocycles. The smallest absolute Gasteiger partial charge is 0.0584 e. The number of hydrogen-bond acceptors (Lipinski definition) is 2. The highest BCUT2D eigenvalue weighted by Gasteiger charge is 2.45. The van der Waals surface area contributed by atoms with Gasteiger partial charge in [0, 0.05) is 19.5 Å². The number of benzene rings is 1. The summed E-state index contributed by atoms with van der Waals surface area (Å²) in [6, 6.07) is 15.2. The Balaban J connectivity index is 1.76. The van der Waals surface area contributed by atoms with E-state index in [0.717, 1.165) is 12.3 Å². The van der Waals surface area contributed by atoms with Crippen molar-refractivity contribution in [3.63, 3.8) is 0 Å². The Kier molecular flexibility index (Phi) is 11.5. The van der Waals surface area contributed by atoms with Gasteiger partial charge in [0.05, 0.1) is 9.75 Å². The first-order valence-electron chi connectivity index (χ1n) is 16.4. The molecule has 3 heterocycles. The molecule has 0 N–H and O–H groups in total. The third-order valence-corrected chi connectivity index (χ3v) is 16.1. The quantitative estimate of drug-likeness (QED) is 0.144. The summed E-state index contributed by atoms with van der Waals surface area (Å²) in [5.41, 5.74) is 1.65. The van der Waals surface area contributed by atoms with Gasteiger partial charge in [0.1, 0.15) is 0 Å². The Morgan fingerprint density at radius 2 is 1.25 bits per heavy atom. The highest BCUT2D eigenvalue weighted by molar-refractivity contribution is 8.34. The molecule has 3 heteroatoms. The van der Waals surface area contributed by atoms with Gasteiger partial charge in [-0.05, 0) is 78.0 Å². The van der Waals surface area contributed by atoms with Crippen molar-refractivity contribution < 1.29 is 0 Å². The minimum atomic E-state index is -1.27. The molecule has 0 nitrogen and oxygen atoms in total. The predicted octanol–water partition coefficient (Wildman–Crippen LogP) is 13.6. The summed E-state index contributed by atoms with van der Waals surface area (Å²) < 4.78 is 0. The Morgan fingerprint density at radius 1 is 0.700 bits per heavy atom. The zero-order valence-corrected chi connectivity index (χ0v) is 29.1. The van der Waals surface area contributed by atoms with Crippen LogP contribution in [-0.4, -0.2) is 5.75 Å². The molecule has 0 fully saturated rings. The number of unbranched alkanes of at least 4 members (excludes halogenated alkanes) is 8. The van der Waals surface area contributed by atoms with Gasteiger partial charge < -0.3 is 0 Å². The van der Waals surface area contributed by atoms with Gasteiger partial charge in [-0.25, -0.2) is 0 Å². The summed E-state index contributed by atoms with van der Waals surface area (Å²) in [5.74, 6) is 2.15. The molecule has 0 bridgehead atoms. The van der Waals surface area contributed by atoms with Crippen LogP contribution in [-0.2, 0) is 11.8 Å². The molecular formula is C37H56S3. The van der Waals surface area contributed by atoms with E-state index in [2.05, 4.69) is 108 Å². The highest BCUT2D eigenvalue weighted by atomic mass is 32.3. The van der Waals surface area contributed by atoms with E-state index in [9.17, 15) is 0 Å². The van der Waals surface area contributed by atoms with Crippen molar-refractivity contribution in [2.45, 2.75) is 152 Å². The van der Waals surface area contributed by atoms with Crippen LogP contribution in [0.1, 0.15) is 134 Å². The first kappa shape index (κ1) is 31.9. The van der Waals surface area contributed by atoms with Crippen LogP contribution in [0.5, 0.6) is 0 Å². The van der Waals surface area contributed by atoms with Crippen LogP contribution in [0.25, 0.3) is 9.75 Å². The molecule has 0 saturated heterocycles.